The number of nitrogens with zero attached hydrogens (tertiary/aromatic N) is 3. The minimum atomic E-state index is -0.0879. The second-order valence-corrected chi connectivity index (χ2v) is 5.60. The zero-order chi connectivity index (χ0) is 11.5. The first kappa shape index (κ1) is 11.8. The number of piperidine rings is 1. The van der Waals surface area contributed by atoms with E-state index in [1.165, 1.54) is 4.88 Å². The molecule has 0 unspecified atom stereocenters. The van der Waals surface area contributed by atoms with Crippen molar-refractivity contribution in [2.75, 3.05) is 32.1 Å². The Hall–Kier alpha value is -0.650. The molecule has 1 saturated heterocycles. The molecule has 5 heteroatoms. The molecule has 16 heavy (non-hydrogen) atoms. The van der Waals surface area contributed by atoms with Gasteiger partial charge in [0.15, 0.2) is 5.13 Å². The van der Waals surface area contributed by atoms with Gasteiger partial charge in [0, 0.05) is 44.8 Å². The van der Waals surface area contributed by atoms with Crippen molar-refractivity contribution in [3.05, 3.63) is 11.1 Å². The fourth-order valence-corrected chi connectivity index (χ4v) is 2.75. The summed E-state index contributed by atoms with van der Waals surface area (Å²) in [6.07, 6.45) is 3.68. The highest BCUT2D eigenvalue weighted by Gasteiger charge is 2.17. The molecule has 4 nitrogen and oxygen atoms in total. The van der Waals surface area contributed by atoms with Crippen molar-refractivity contribution in [2.45, 2.75) is 25.5 Å². The standard InChI is InChI=1S/C11H19N3OS/c1-13(2)11-12-7-10(16-11)8-14-5-3-9(15)4-6-14/h7,9,15H,3-6,8H2,1-2H3. The van der Waals surface area contributed by atoms with Crippen LogP contribution in [0.15, 0.2) is 6.20 Å². The normalized spacial score (nSPS) is 18.9. The summed E-state index contributed by atoms with van der Waals surface area (Å²) >= 11 is 1.75. The molecule has 0 amide bonds. The maximum atomic E-state index is 9.43. The van der Waals surface area contributed by atoms with Crippen LogP contribution in [0.3, 0.4) is 0 Å². The topological polar surface area (TPSA) is 39.6 Å². The summed E-state index contributed by atoms with van der Waals surface area (Å²) in [6, 6.07) is 0. The number of rotatable bonds is 3. The van der Waals surface area contributed by atoms with Crippen molar-refractivity contribution >= 4 is 16.5 Å². The Morgan fingerprint density at radius 1 is 1.50 bits per heavy atom. The van der Waals surface area contributed by atoms with Gasteiger partial charge < -0.3 is 10.0 Å². The number of thiazole rings is 1. The largest absolute Gasteiger partial charge is 0.393 e. The van der Waals surface area contributed by atoms with Gasteiger partial charge in [0.2, 0.25) is 0 Å². The van der Waals surface area contributed by atoms with Crippen LogP contribution in [0.5, 0.6) is 0 Å². The first-order valence-corrected chi connectivity index (χ1v) is 6.49. The summed E-state index contributed by atoms with van der Waals surface area (Å²) in [5, 5.41) is 10.5. The van der Waals surface area contributed by atoms with Crippen molar-refractivity contribution in [1.82, 2.24) is 9.88 Å². The summed E-state index contributed by atoms with van der Waals surface area (Å²) in [5.74, 6) is 0. The van der Waals surface area contributed by atoms with Crippen LogP contribution in [-0.4, -0.2) is 48.3 Å². The highest BCUT2D eigenvalue weighted by atomic mass is 32.1. The molecular formula is C11H19N3OS. The third-order valence-corrected chi connectivity index (χ3v) is 4.01. The van der Waals surface area contributed by atoms with Crippen molar-refractivity contribution in [2.24, 2.45) is 0 Å². The van der Waals surface area contributed by atoms with Crippen LogP contribution in [0.4, 0.5) is 5.13 Å². The van der Waals surface area contributed by atoms with E-state index in [1.807, 2.05) is 25.2 Å². The molecule has 2 heterocycles. The third-order valence-electron chi connectivity index (χ3n) is 2.86. The average molecular weight is 241 g/mol. The van der Waals surface area contributed by atoms with Crippen LogP contribution in [0.25, 0.3) is 0 Å². The molecule has 1 aliphatic heterocycles. The van der Waals surface area contributed by atoms with E-state index in [0.717, 1.165) is 37.6 Å². The highest BCUT2D eigenvalue weighted by molar-refractivity contribution is 7.15. The summed E-state index contributed by atoms with van der Waals surface area (Å²) in [6.45, 7) is 2.96. The van der Waals surface area contributed by atoms with E-state index in [-0.39, 0.29) is 6.10 Å². The molecule has 0 aromatic carbocycles. The van der Waals surface area contributed by atoms with Gasteiger partial charge in [-0.25, -0.2) is 4.98 Å². The molecule has 0 spiro atoms. The minimum absolute atomic E-state index is 0.0879. The van der Waals surface area contributed by atoms with Gasteiger partial charge >= 0.3 is 0 Å². The van der Waals surface area contributed by atoms with Crippen LogP contribution in [-0.2, 0) is 6.54 Å². The summed E-state index contributed by atoms with van der Waals surface area (Å²) < 4.78 is 0. The van der Waals surface area contributed by atoms with Crippen LogP contribution >= 0.6 is 11.3 Å². The number of aliphatic hydroxyl groups is 1. The Kier molecular flexibility index (Phi) is 3.78. The molecule has 1 aliphatic rings. The van der Waals surface area contributed by atoms with Gasteiger partial charge in [-0.3, -0.25) is 4.90 Å². The minimum Gasteiger partial charge on any atom is -0.393 e. The molecule has 0 atom stereocenters. The zero-order valence-corrected chi connectivity index (χ0v) is 10.7. The maximum Gasteiger partial charge on any atom is 0.185 e. The molecule has 0 saturated carbocycles. The zero-order valence-electron chi connectivity index (χ0n) is 9.89. The van der Waals surface area contributed by atoms with Crippen LogP contribution in [0.1, 0.15) is 17.7 Å². The first-order valence-electron chi connectivity index (χ1n) is 5.67. The van der Waals surface area contributed by atoms with Crippen molar-refractivity contribution in [1.29, 1.82) is 0 Å². The van der Waals surface area contributed by atoms with E-state index in [1.54, 1.807) is 11.3 Å². The average Bonchev–Trinajstić information content (AvgIpc) is 2.70. The predicted molar refractivity (Wildman–Crippen MR) is 67.0 cm³/mol. The lowest BCUT2D eigenvalue weighted by Crippen LogP contribution is -2.35. The molecule has 0 aliphatic carbocycles. The molecule has 0 bridgehead atoms. The Balaban J connectivity index is 1.88. The SMILES string of the molecule is CN(C)c1ncc(CN2CCC(O)CC2)s1. The fraction of sp³-hybridized carbons (Fsp3) is 0.727. The summed E-state index contributed by atoms with van der Waals surface area (Å²) in [5.41, 5.74) is 0. The number of hydrogen-bond acceptors (Lipinski definition) is 5. The smallest absolute Gasteiger partial charge is 0.185 e. The Labute approximate surface area is 101 Å². The van der Waals surface area contributed by atoms with Gasteiger partial charge in [-0.05, 0) is 12.8 Å². The predicted octanol–water partition coefficient (Wildman–Crippen LogP) is 1.17. The van der Waals surface area contributed by atoms with E-state index in [2.05, 4.69) is 9.88 Å². The summed E-state index contributed by atoms with van der Waals surface area (Å²) in [7, 11) is 4.03. The number of aromatic nitrogens is 1. The molecule has 1 aromatic heterocycles. The summed E-state index contributed by atoms with van der Waals surface area (Å²) in [4.78, 5) is 10.1. The molecule has 1 aromatic rings. The van der Waals surface area contributed by atoms with Gasteiger partial charge in [0.1, 0.15) is 0 Å². The lowest BCUT2D eigenvalue weighted by Gasteiger charge is -2.28. The second kappa shape index (κ2) is 5.12. The van der Waals surface area contributed by atoms with E-state index in [4.69, 9.17) is 0 Å². The van der Waals surface area contributed by atoms with Gasteiger partial charge in [-0.15, -0.1) is 11.3 Å². The second-order valence-electron chi connectivity index (χ2n) is 4.51. The number of hydrogen-bond donors (Lipinski definition) is 1. The van der Waals surface area contributed by atoms with Crippen molar-refractivity contribution < 1.29 is 5.11 Å². The van der Waals surface area contributed by atoms with Crippen LogP contribution < -0.4 is 4.90 Å². The monoisotopic (exact) mass is 241 g/mol. The Bertz CT molecular complexity index is 332. The number of aliphatic hydroxyl groups excluding tert-OH is 1. The molecule has 0 radical (unpaired) electrons. The Morgan fingerprint density at radius 2 is 2.19 bits per heavy atom. The molecule has 1 fully saturated rings. The van der Waals surface area contributed by atoms with Crippen LogP contribution in [0.2, 0.25) is 0 Å². The van der Waals surface area contributed by atoms with Crippen molar-refractivity contribution in [3.63, 3.8) is 0 Å². The van der Waals surface area contributed by atoms with Gasteiger partial charge in [0.05, 0.1) is 6.10 Å². The Morgan fingerprint density at radius 3 is 2.75 bits per heavy atom. The fourth-order valence-electron chi connectivity index (χ4n) is 1.87. The van der Waals surface area contributed by atoms with E-state index in [9.17, 15) is 5.11 Å². The molecular weight excluding hydrogens is 222 g/mol. The van der Waals surface area contributed by atoms with Crippen LogP contribution in [0, 0.1) is 0 Å². The quantitative estimate of drug-likeness (QED) is 0.862. The highest BCUT2D eigenvalue weighted by Crippen LogP contribution is 2.23. The van der Waals surface area contributed by atoms with E-state index in [0.29, 0.717) is 0 Å². The molecule has 90 valence electrons. The van der Waals surface area contributed by atoms with E-state index >= 15 is 0 Å². The third kappa shape index (κ3) is 2.93. The number of likely N-dealkylation sites (tertiary alicyclic amines) is 1. The molecule has 2 rings (SSSR count). The first-order chi connectivity index (χ1) is 7.65. The van der Waals surface area contributed by atoms with Gasteiger partial charge in [-0.1, -0.05) is 0 Å². The molecule has 1 N–H and O–H groups in total. The van der Waals surface area contributed by atoms with Gasteiger partial charge in [0.25, 0.3) is 0 Å². The van der Waals surface area contributed by atoms with E-state index < -0.39 is 0 Å². The van der Waals surface area contributed by atoms with Gasteiger partial charge in [-0.2, -0.15) is 0 Å². The lowest BCUT2D eigenvalue weighted by molar-refractivity contribution is 0.0797. The maximum absolute atomic E-state index is 9.43. The number of anilines is 1. The lowest BCUT2D eigenvalue weighted by atomic mass is 10.1. The van der Waals surface area contributed by atoms with Crippen molar-refractivity contribution in [3.8, 4) is 0 Å².